The highest BCUT2D eigenvalue weighted by atomic mass is 14.6. The average Bonchev–Trinajstić information content (AvgIpc) is 3.02. The van der Waals surface area contributed by atoms with Crippen LogP contribution in [0.5, 0.6) is 0 Å². The third-order valence-electron chi connectivity index (χ3n) is 10.7. The molecule has 4 rings (SSSR count). The van der Waals surface area contributed by atoms with Gasteiger partial charge in [-0.05, 0) is 97.2 Å². The molecular formula is C28H46. The molecule has 0 unspecified atom stereocenters. The molecular weight excluding hydrogens is 336 g/mol. The molecule has 0 heterocycles. The zero-order valence-corrected chi connectivity index (χ0v) is 19.6. The molecule has 0 bridgehead atoms. The Kier molecular flexibility index (Phi) is 5.65. The number of rotatable bonds is 5. The summed E-state index contributed by atoms with van der Waals surface area (Å²) in [6.07, 6.45) is 20.3. The molecule has 158 valence electrons. The molecule has 0 saturated heterocycles. The van der Waals surface area contributed by atoms with Gasteiger partial charge in [0.15, 0.2) is 0 Å². The second kappa shape index (κ2) is 7.63. The Hall–Kier alpha value is -0.520. The summed E-state index contributed by atoms with van der Waals surface area (Å²) in [5.74, 6) is 6.57. The number of hydrogen-bond acceptors (Lipinski definition) is 0. The van der Waals surface area contributed by atoms with Gasteiger partial charge in [-0.3, -0.25) is 0 Å². The van der Waals surface area contributed by atoms with E-state index in [1.54, 1.807) is 5.57 Å². The predicted octanol–water partition coefficient (Wildman–Crippen LogP) is 8.44. The van der Waals surface area contributed by atoms with Gasteiger partial charge >= 0.3 is 0 Å². The van der Waals surface area contributed by atoms with Crippen LogP contribution < -0.4 is 0 Å². The Labute approximate surface area is 175 Å². The first-order valence-electron chi connectivity index (χ1n) is 12.6. The van der Waals surface area contributed by atoms with E-state index in [0.717, 1.165) is 41.4 Å². The number of allylic oxidation sites excluding steroid dienone is 4. The molecule has 3 fully saturated rings. The zero-order valence-electron chi connectivity index (χ0n) is 19.6. The first-order valence-corrected chi connectivity index (χ1v) is 12.6. The van der Waals surface area contributed by atoms with Gasteiger partial charge in [-0.25, -0.2) is 0 Å². The summed E-state index contributed by atoms with van der Waals surface area (Å²) in [5.41, 5.74) is 2.89. The zero-order chi connectivity index (χ0) is 20.1. The monoisotopic (exact) mass is 382 g/mol. The van der Waals surface area contributed by atoms with Crippen molar-refractivity contribution in [3.05, 3.63) is 23.8 Å². The van der Waals surface area contributed by atoms with Gasteiger partial charge in [0.05, 0.1) is 0 Å². The van der Waals surface area contributed by atoms with E-state index >= 15 is 0 Å². The topological polar surface area (TPSA) is 0 Å². The molecule has 0 spiro atoms. The molecule has 0 aromatic heterocycles. The first kappa shape index (κ1) is 20.7. The molecule has 0 nitrogen and oxygen atoms in total. The van der Waals surface area contributed by atoms with Crippen LogP contribution in [0.25, 0.3) is 0 Å². The summed E-state index contributed by atoms with van der Waals surface area (Å²) in [5, 5.41) is 0. The Balaban J connectivity index is 1.48. The second-order valence-corrected chi connectivity index (χ2v) is 12.2. The largest absolute Gasteiger partial charge is 0.0837 e. The Morgan fingerprint density at radius 3 is 2.50 bits per heavy atom. The molecule has 0 aliphatic heterocycles. The van der Waals surface area contributed by atoms with Crippen LogP contribution in [0.3, 0.4) is 0 Å². The van der Waals surface area contributed by atoms with Crippen molar-refractivity contribution in [2.75, 3.05) is 0 Å². The van der Waals surface area contributed by atoms with Gasteiger partial charge in [0.1, 0.15) is 0 Å². The fourth-order valence-corrected chi connectivity index (χ4v) is 8.42. The van der Waals surface area contributed by atoms with Gasteiger partial charge in [0, 0.05) is 0 Å². The van der Waals surface area contributed by atoms with E-state index in [2.05, 4.69) is 59.8 Å². The maximum atomic E-state index is 2.72. The van der Waals surface area contributed by atoms with Crippen LogP contribution in [0.2, 0.25) is 0 Å². The minimum atomic E-state index is 0.482. The van der Waals surface area contributed by atoms with Gasteiger partial charge < -0.3 is 0 Å². The number of fused-ring (bicyclic) bond motifs is 5. The van der Waals surface area contributed by atoms with Gasteiger partial charge in [-0.2, -0.15) is 0 Å². The summed E-state index contributed by atoms with van der Waals surface area (Å²) in [6.45, 7) is 15.2. The molecule has 0 aromatic rings. The van der Waals surface area contributed by atoms with E-state index in [1.807, 2.05) is 0 Å². The average molecular weight is 383 g/mol. The molecule has 3 saturated carbocycles. The van der Waals surface area contributed by atoms with Gasteiger partial charge in [-0.15, -0.1) is 0 Å². The molecule has 0 amide bonds. The molecule has 0 heteroatoms. The Bertz CT molecular complexity index is 624. The third kappa shape index (κ3) is 3.26. The molecule has 0 aromatic carbocycles. The van der Waals surface area contributed by atoms with Crippen molar-refractivity contribution in [1.29, 1.82) is 0 Å². The lowest BCUT2D eigenvalue weighted by Gasteiger charge is -2.58. The second-order valence-electron chi connectivity index (χ2n) is 12.2. The summed E-state index contributed by atoms with van der Waals surface area (Å²) >= 11 is 0. The third-order valence-corrected chi connectivity index (χ3v) is 10.7. The van der Waals surface area contributed by atoms with Crippen molar-refractivity contribution in [3.8, 4) is 0 Å². The van der Waals surface area contributed by atoms with Crippen LogP contribution in [0.15, 0.2) is 23.8 Å². The van der Waals surface area contributed by atoms with Crippen LogP contribution in [-0.4, -0.2) is 0 Å². The minimum absolute atomic E-state index is 0.482. The van der Waals surface area contributed by atoms with Crippen LogP contribution in [0.1, 0.15) is 99.3 Å². The van der Waals surface area contributed by atoms with E-state index in [1.165, 1.54) is 57.8 Å². The molecule has 4 aliphatic carbocycles. The van der Waals surface area contributed by atoms with Crippen molar-refractivity contribution in [2.45, 2.75) is 99.3 Å². The summed E-state index contributed by atoms with van der Waals surface area (Å²) in [6, 6.07) is 0. The fourth-order valence-electron chi connectivity index (χ4n) is 8.42. The molecule has 0 radical (unpaired) electrons. The van der Waals surface area contributed by atoms with E-state index in [-0.39, 0.29) is 0 Å². The SMILES string of the molecule is CC(C)[C@H](C)CC[C@@H](C)[C@H]1CC[C@H]2[C@@H]3CCC4=CC=CC[C@]4(C)[C@H]3CC[C@]12C. The molecule has 8 atom stereocenters. The smallest absolute Gasteiger partial charge is 0.00477 e. The maximum absolute atomic E-state index is 2.72. The standard InChI is InChI=1S/C28H46/c1-19(2)20(3)10-11-21(4)24-14-15-25-23-13-12-22-9-7-8-17-27(22,5)26(23)16-18-28(24,25)6/h7-9,19-21,23-26H,10-18H2,1-6H3/t20-,21-,23+,24-,25+,26+,27+,28-/m1/s1. The number of hydrogen-bond donors (Lipinski definition) is 0. The van der Waals surface area contributed by atoms with Crippen LogP contribution in [0, 0.1) is 52.3 Å². The lowest BCUT2D eigenvalue weighted by Crippen LogP contribution is -2.50. The van der Waals surface area contributed by atoms with Crippen molar-refractivity contribution < 1.29 is 0 Å². The first-order chi connectivity index (χ1) is 13.3. The van der Waals surface area contributed by atoms with Gasteiger partial charge in [-0.1, -0.05) is 78.2 Å². The van der Waals surface area contributed by atoms with Gasteiger partial charge in [0.25, 0.3) is 0 Å². The highest BCUT2D eigenvalue weighted by Gasteiger charge is 2.58. The molecule has 0 N–H and O–H groups in total. The van der Waals surface area contributed by atoms with E-state index < -0.39 is 0 Å². The normalized spacial score (nSPS) is 44.5. The highest BCUT2D eigenvalue weighted by molar-refractivity contribution is 5.30. The quantitative estimate of drug-likeness (QED) is 0.447. The van der Waals surface area contributed by atoms with E-state index in [0.29, 0.717) is 10.8 Å². The van der Waals surface area contributed by atoms with E-state index in [9.17, 15) is 0 Å². The van der Waals surface area contributed by atoms with Crippen LogP contribution in [-0.2, 0) is 0 Å². The van der Waals surface area contributed by atoms with E-state index in [4.69, 9.17) is 0 Å². The summed E-state index contributed by atoms with van der Waals surface area (Å²) < 4.78 is 0. The summed E-state index contributed by atoms with van der Waals surface area (Å²) in [7, 11) is 0. The maximum Gasteiger partial charge on any atom is -0.00477 e. The predicted molar refractivity (Wildman–Crippen MR) is 122 cm³/mol. The van der Waals surface area contributed by atoms with Crippen molar-refractivity contribution in [2.24, 2.45) is 52.3 Å². The lowest BCUT2D eigenvalue weighted by molar-refractivity contribution is -0.0549. The summed E-state index contributed by atoms with van der Waals surface area (Å²) in [4.78, 5) is 0. The molecule has 28 heavy (non-hydrogen) atoms. The van der Waals surface area contributed by atoms with Crippen LogP contribution >= 0.6 is 0 Å². The van der Waals surface area contributed by atoms with Crippen LogP contribution in [0.4, 0.5) is 0 Å². The highest BCUT2D eigenvalue weighted by Crippen LogP contribution is 2.67. The molecule has 4 aliphatic rings. The fraction of sp³-hybridized carbons (Fsp3) is 0.857. The Morgan fingerprint density at radius 2 is 1.75 bits per heavy atom. The lowest BCUT2D eigenvalue weighted by atomic mass is 9.47. The van der Waals surface area contributed by atoms with Crippen molar-refractivity contribution in [3.63, 3.8) is 0 Å². The van der Waals surface area contributed by atoms with Gasteiger partial charge in [0.2, 0.25) is 0 Å². The van der Waals surface area contributed by atoms with Crippen molar-refractivity contribution >= 4 is 0 Å². The minimum Gasteiger partial charge on any atom is -0.0837 e. The van der Waals surface area contributed by atoms with Crippen molar-refractivity contribution in [1.82, 2.24) is 0 Å². The Morgan fingerprint density at radius 1 is 0.964 bits per heavy atom.